The second-order valence-corrected chi connectivity index (χ2v) is 5.55. The highest BCUT2D eigenvalue weighted by molar-refractivity contribution is 7.92. The Labute approximate surface area is 112 Å². The third kappa shape index (κ3) is 4.03. The fraction of sp³-hybridized carbons (Fsp3) is 0.250. The van der Waals surface area contributed by atoms with Gasteiger partial charge in [0.15, 0.2) is 0 Å². The number of hydrogen-bond acceptors (Lipinski definition) is 6. The first-order chi connectivity index (χ1) is 8.76. The number of nitrogens with zero attached hydrogens (tertiary/aromatic N) is 2. The maximum atomic E-state index is 11.4. The van der Waals surface area contributed by atoms with E-state index in [1.54, 1.807) is 0 Å². The minimum atomic E-state index is -3.83. The first-order valence-corrected chi connectivity index (χ1v) is 6.95. The first-order valence-electron chi connectivity index (χ1n) is 4.76. The predicted octanol–water partition coefficient (Wildman–Crippen LogP) is 1.48. The number of sulfonamides is 1. The summed E-state index contributed by atoms with van der Waals surface area (Å²) in [7, 11) is -3.83. The normalized spacial score (nSPS) is 11.0. The highest BCUT2D eigenvalue weighted by atomic mass is 35.5. The minimum Gasteiger partial charge on any atom is -0.277 e. The van der Waals surface area contributed by atoms with Crippen LogP contribution in [0.25, 0.3) is 0 Å². The second-order valence-electron chi connectivity index (χ2n) is 3.33. The molecule has 0 spiro atoms. The van der Waals surface area contributed by atoms with Gasteiger partial charge in [-0.25, -0.2) is 8.42 Å². The molecular weight excluding hydrogens is 302 g/mol. The molecule has 0 amide bonds. The maximum absolute atomic E-state index is 11.4. The number of anilines is 1. The van der Waals surface area contributed by atoms with E-state index < -0.39 is 37.0 Å². The molecule has 0 aliphatic rings. The number of benzene rings is 1. The molecule has 0 aromatic heterocycles. The van der Waals surface area contributed by atoms with Crippen LogP contribution in [-0.4, -0.2) is 29.9 Å². The van der Waals surface area contributed by atoms with Crippen molar-refractivity contribution in [3.8, 4) is 0 Å². The molecule has 11 heteroatoms. The van der Waals surface area contributed by atoms with Gasteiger partial charge < -0.3 is 0 Å². The first kappa shape index (κ1) is 15.1. The van der Waals surface area contributed by atoms with Gasteiger partial charge in [0.05, 0.1) is 21.7 Å². The van der Waals surface area contributed by atoms with Crippen LogP contribution in [0.4, 0.5) is 17.1 Å². The van der Waals surface area contributed by atoms with Crippen LogP contribution >= 0.6 is 11.6 Å². The molecule has 1 aromatic carbocycles. The topological polar surface area (TPSA) is 132 Å². The lowest BCUT2D eigenvalue weighted by Crippen LogP contribution is -2.18. The summed E-state index contributed by atoms with van der Waals surface area (Å²) in [5.74, 6) is -0.612. The number of nitrogens with one attached hydrogen (secondary N) is 1. The van der Waals surface area contributed by atoms with Gasteiger partial charge in [-0.1, -0.05) is 0 Å². The highest BCUT2D eigenvalue weighted by Gasteiger charge is 2.22. The largest absolute Gasteiger partial charge is 0.300 e. The van der Waals surface area contributed by atoms with E-state index in [2.05, 4.69) is 0 Å². The van der Waals surface area contributed by atoms with Crippen molar-refractivity contribution in [2.45, 2.75) is 0 Å². The number of nitro benzene ring substituents is 2. The van der Waals surface area contributed by atoms with E-state index in [4.69, 9.17) is 11.6 Å². The summed E-state index contributed by atoms with van der Waals surface area (Å²) in [6.07, 6.45) is 0. The maximum Gasteiger partial charge on any atom is 0.300 e. The Morgan fingerprint density at radius 2 is 1.84 bits per heavy atom. The van der Waals surface area contributed by atoms with Crippen molar-refractivity contribution in [1.29, 1.82) is 0 Å². The van der Waals surface area contributed by atoms with Gasteiger partial charge in [0.1, 0.15) is 5.69 Å². The average Bonchev–Trinajstić information content (AvgIpc) is 2.27. The van der Waals surface area contributed by atoms with Gasteiger partial charge >= 0.3 is 0 Å². The average molecular weight is 310 g/mol. The van der Waals surface area contributed by atoms with Crippen molar-refractivity contribution in [3.05, 3.63) is 38.4 Å². The quantitative estimate of drug-likeness (QED) is 0.480. The van der Waals surface area contributed by atoms with Gasteiger partial charge in [-0.15, -0.1) is 11.6 Å². The minimum absolute atomic E-state index is 0.184. The summed E-state index contributed by atoms with van der Waals surface area (Å²) < 4.78 is 24.8. The van der Waals surface area contributed by atoms with E-state index in [9.17, 15) is 28.6 Å². The molecule has 0 radical (unpaired) electrons. The molecule has 0 bridgehead atoms. The molecule has 0 aliphatic carbocycles. The summed E-state index contributed by atoms with van der Waals surface area (Å²) in [6.45, 7) is 0. The van der Waals surface area contributed by atoms with E-state index in [0.717, 1.165) is 12.1 Å². The van der Waals surface area contributed by atoms with E-state index >= 15 is 0 Å². The van der Waals surface area contributed by atoms with Crippen molar-refractivity contribution in [1.82, 2.24) is 0 Å². The molecule has 1 rings (SSSR count). The van der Waals surface area contributed by atoms with Crippen LogP contribution in [0.2, 0.25) is 0 Å². The van der Waals surface area contributed by atoms with Gasteiger partial charge in [0, 0.05) is 11.9 Å². The summed E-state index contributed by atoms with van der Waals surface area (Å²) in [6, 6.07) is 2.60. The van der Waals surface area contributed by atoms with Gasteiger partial charge in [0.25, 0.3) is 11.4 Å². The summed E-state index contributed by atoms with van der Waals surface area (Å²) in [4.78, 5) is 19.5. The molecule has 0 saturated heterocycles. The fourth-order valence-corrected chi connectivity index (χ4v) is 2.61. The zero-order valence-corrected chi connectivity index (χ0v) is 10.8. The monoisotopic (exact) mass is 309 g/mol. The van der Waals surface area contributed by atoms with E-state index in [-0.39, 0.29) is 11.6 Å². The molecule has 0 saturated carbocycles. The Bertz CT molecular complexity index is 617. The van der Waals surface area contributed by atoms with Crippen LogP contribution in [-0.2, 0) is 10.0 Å². The van der Waals surface area contributed by atoms with Gasteiger partial charge in [-0.3, -0.25) is 25.0 Å². The molecule has 1 N–H and O–H groups in total. The predicted molar refractivity (Wildman–Crippen MR) is 67.9 cm³/mol. The lowest BCUT2D eigenvalue weighted by Gasteiger charge is -2.06. The smallest absolute Gasteiger partial charge is 0.277 e. The van der Waals surface area contributed by atoms with Crippen LogP contribution in [0.15, 0.2) is 18.2 Å². The standard InChI is InChI=1S/C8H8ClN3O6S/c9-3-4-19(17,18)10-7-2-1-6(11(13)14)5-8(7)12(15)16/h1-2,5,10H,3-4H2. The SMILES string of the molecule is O=[N+]([O-])c1ccc(NS(=O)(=O)CCCl)c([N+](=O)[O-])c1. The zero-order chi connectivity index (χ0) is 14.6. The Hall–Kier alpha value is -1.94. The van der Waals surface area contributed by atoms with Crippen molar-refractivity contribution < 1.29 is 18.3 Å². The van der Waals surface area contributed by atoms with Gasteiger partial charge in [-0.05, 0) is 6.07 Å². The Balaban J connectivity index is 3.21. The molecule has 0 heterocycles. The molecule has 1 aromatic rings. The molecule has 0 aliphatic heterocycles. The Kier molecular flexibility index (Phi) is 4.62. The number of nitro groups is 2. The van der Waals surface area contributed by atoms with Crippen molar-refractivity contribution in [2.24, 2.45) is 0 Å². The van der Waals surface area contributed by atoms with Gasteiger partial charge in [-0.2, -0.15) is 0 Å². The fourth-order valence-electron chi connectivity index (χ4n) is 1.19. The number of alkyl halides is 1. The van der Waals surface area contributed by atoms with Crippen LogP contribution in [0.3, 0.4) is 0 Å². The lowest BCUT2D eigenvalue weighted by atomic mass is 10.2. The number of halogens is 1. The summed E-state index contributed by atoms with van der Waals surface area (Å²) >= 11 is 5.28. The van der Waals surface area contributed by atoms with Crippen LogP contribution in [0.5, 0.6) is 0 Å². The van der Waals surface area contributed by atoms with Crippen LogP contribution in [0, 0.1) is 20.2 Å². The second kappa shape index (κ2) is 5.80. The highest BCUT2D eigenvalue weighted by Crippen LogP contribution is 2.29. The third-order valence-electron chi connectivity index (χ3n) is 2.00. The zero-order valence-electron chi connectivity index (χ0n) is 9.28. The summed E-state index contributed by atoms with van der Waals surface area (Å²) in [5.41, 5.74) is -1.56. The molecule has 0 unspecified atom stereocenters. The van der Waals surface area contributed by atoms with E-state index in [1.165, 1.54) is 0 Å². The third-order valence-corrected chi connectivity index (χ3v) is 3.69. The van der Waals surface area contributed by atoms with E-state index in [0.29, 0.717) is 6.07 Å². The molecule has 9 nitrogen and oxygen atoms in total. The Morgan fingerprint density at radius 3 is 2.32 bits per heavy atom. The molecular formula is C8H8ClN3O6S. The molecule has 0 atom stereocenters. The van der Waals surface area contributed by atoms with Crippen LogP contribution in [0.1, 0.15) is 0 Å². The number of hydrogen-bond donors (Lipinski definition) is 1. The van der Waals surface area contributed by atoms with Crippen molar-refractivity contribution >= 4 is 38.7 Å². The molecule has 19 heavy (non-hydrogen) atoms. The van der Waals surface area contributed by atoms with Crippen molar-refractivity contribution in [3.63, 3.8) is 0 Å². The van der Waals surface area contributed by atoms with Crippen LogP contribution < -0.4 is 4.72 Å². The molecule has 0 fully saturated rings. The number of non-ortho nitro benzene ring substituents is 1. The van der Waals surface area contributed by atoms with Crippen molar-refractivity contribution in [2.75, 3.05) is 16.4 Å². The molecule has 104 valence electrons. The van der Waals surface area contributed by atoms with Gasteiger partial charge in [0.2, 0.25) is 10.0 Å². The lowest BCUT2D eigenvalue weighted by molar-refractivity contribution is -0.393. The van der Waals surface area contributed by atoms with E-state index in [1.807, 2.05) is 4.72 Å². The Morgan fingerprint density at radius 1 is 1.21 bits per heavy atom. The summed E-state index contributed by atoms with van der Waals surface area (Å²) in [5, 5.41) is 21.3. The number of rotatable bonds is 6.